The number of benzene rings is 3. The summed E-state index contributed by atoms with van der Waals surface area (Å²) in [7, 11) is -2.29. The van der Waals surface area contributed by atoms with Crippen LogP contribution >= 0.6 is 27.5 Å². The summed E-state index contributed by atoms with van der Waals surface area (Å²) in [5, 5.41) is 3.14. The van der Waals surface area contributed by atoms with Crippen LogP contribution in [0.1, 0.15) is 11.1 Å². The van der Waals surface area contributed by atoms with Gasteiger partial charge in [-0.15, -0.1) is 0 Å². The van der Waals surface area contributed by atoms with Gasteiger partial charge in [0.25, 0.3) is 0 Å². The van der Waals surface area contributed by atoms with E-state index in [0.29, 0.717) is 16.3 Å². The second-order valence-corrected chi connectivity index (χ2v) is 11.5. The minimum Gasteiger partial charge on any atom is -0.357 e. The van der Waals surface area contributed by atoms with Crippen LogP contribution in [0, 0.1) is 0 Å². The summed E-state index contributed by atoms with van der Waals surface area (Å²) in [6.07, 6.45) is 1.30. The molecule has 0 bridgehead atoms. The number of anilines is 1. The fourth-order valence-corrected chi connectivity index (χ4v) is 5.10. The van der Waals surface area contributed by atoms with Crippen molar-refractivity contribution >= 4 is 55.1 Å². The standard InChI is InChI=1S/C26H27BrClN3O4S/c1-29-26(33)24(16-19-7-4-3-5-8-19)30(17-20-9-6-10-22(28)15-20)25(32)18-31(36(2,34)35)23-13-11-21(27)12-14-23/h3-15,24H,16-18H2,1-2H3,(H,29,33)/t24-/m1/s1. The number of rotatable bonds is 10. The number of nitrogens with one attached hydrogen (secondary N) is 1. The molecule has 0 aliphatic rings. The summed E-state index contributed by atoms with van der Waals surface area (Å²) in [6.45, 7) is -0.397. The number of hydrogen-bond donors (Lipinski definition) is 1. The smallest absolute Gasteiger partial charge is 0.244 e. The van der Waals surface area contributed by atoms with E-state index in [1.54, 1.807) is 48.5 Å². The maximum Gasteiger partial charge on any atom is 0.244 e. The summed E-state index contributed by atoms with van der Waals surface area (Å²) in [6, 6.07) is 22.1. The molecule has 36 heavy (non-hydrogen) atoms. The third-order valence-corrected chi connectivity index (χ3v) is 7.46. The van der Waals surface area contributed by atoms with Crippen molar-refractivity contribution in [1.82, 2.24) is 10.2 Å². The van der Waals surface area contributed by atoms with Crippen molar-refractivity contribution in [3.8, 4) is 0 Å². The van der Waals surface area contributed by atoms with Crippen molar-refractivity contribution in [3.05, 3.63) is 99.5 Å². The van der Waals surface area contributed by atoms with Gasteiger partial charge in [0.1, 0.15) is 12.6 Å². The van der Waals surface area contributed by atoms with Gasteiger partial charge in [0.05, 0.1) is 11.9 Å². The molecule has 0 heterocycles. The first kappa shape index (κ1) is 27.7. The fourth-order valence-electron chi connectivity index (χ4n) is 3.77. The lowest BCUT2D eigenvalue weighted by Crippen LogP contribution is -2.52. The van der Waals surface area contributed by atoms with Gasteiger partial charge in [-0.2, -0.15) is 0 Å². The van der Waals surface area contributed by atoms with Crippen molar-refractivity contribution in [2.75, 3.05) is 24.2 Å². The molecular formula is C26H27BrClN3O4S. The molecule has 0 radical (unpaired) electrons. The molecule has 3 rings (SSSR count). The first-order valence-electron chi connectivity index (χ1n) is 11.1. The van der Waals surface area contributed by atoms with Crippen LogP contribution in [-0.2, 0) is 32.6 Å². The van der Waals surface area contributed by atoms with Gasteiger partial charge >= 0.3 is 0 Å². The third-order valence-electron chi connectivity index (χ3n) is 5.55. The van der Waals surface area contributed by atoms with E-state index in [4.69, 9.17) is 11.6 Å². The van der Waals surface area contributed by atoms with E-state index in [1.165, 1.54) is 11.9 Å². The quantitative estimate of drug-likeness (QED) is 0.381. The zero-order chi connectivity index (χ0) is 26.3. The number of carbonyl (C=O) groups excluding carboxylic acids is 2. The molecule has 3 aromatic carbocycles. The van der Waals surface area contributed by atoms with Crippen LogP contribution < -0.4 is 9.62 Å². The highest BCUT2D eigenvalue weighted by Crippen LogP contribution is 2.23. The molecule has 1 atom stereocenters. The molecular weight excluding hydrogens is 566 g/mol. The Labute approximate surface area is 225 Å². The molecule has 0 aromatic heterocycles. The second kappa shape index (κ2) is 12.4. The van der Waals surface area contributed by atoms with Gasteiger partial charge in [0, 0.05) is 29.5 Å². The Hall–Kier alpha value is -2.88. The molecule has 0 aliphatic heterocycles. The Morgan fingerprint density at radius 3 is 2.19 bits per heavy atom. The highest BCUT2D eigenvalue weighted by atomic mass is 79.9. The van der Waals surface area contributed by atoms with E-state index in [2.05, 4.69) is 21.2 Å². The molecule has 0 spiro atoms. The van der Waals surface area contributed by atoms with Crippen molar-refractivity contribution < 1.29 is 18.0 Å². The lowest BCUT2D eigenvalue weighted by Gasteiger charge is -2.33. The van der Waals surface area contributed by atoms with Gasteiger partial charge in [-0.25, -0.2) is 8.42 Å². The first-order chi connectivity index (χ1) is 17.1. The average Bonchev–Trinajstić information content (AvgIpc) is 2.84. The minimum atomic E-state index is -3.80. The summed E-state index contributed by atoms with van der Waals surface area (Å²) >= 11 is 9.51. The second-order valence-electron chi connectivity index (χ2n) is 8.22. The van der Waals surface area contributed by atoms with Gasteiger partial charge in [-0.05, 0) is 47.5 Å². The van der Waals surface area contributed by atoms with Crippen LogP contribution in [-0.4, -0.2) is 51.0 Å². The molecule has 2 amide bonds. The van der Waals surface area contributed by atoms with Crippen molar-refractivity contribution in [2.24, 2.45) is 0 Å². The zero-order valence-corrected chi connectivity index (χ0v) is 23.1. The van der Waals surface area contributed by atoms with E-state index in [-0.39, 0.29) is 18.9 Å². The number of hydrogen-bond acceptors (Lipinski definition) is 4. The molecule has 0 saturated carbocycles. The van der Waals surface area contributed by atoms with Crippen molar-refractivity contribution in [1.29, 1.82) is 0 Å². The highest BCUT2D eigenvalue weighted by Gasteiger charge is 2.32. The van der Waals surface area contributed by atoms with E-state index >= 15 is 0 Å². The van der Waals surface area contributed by atoms with E-state index in [1.807, 2.05) is 30.3 Å². The molecule has 0 fully saturated rings. The van der Waals surface area contributed by atoms with Gasteiger partial charge in [-0.1, -0.05) is 70.0 Å². The Morgan fingerprint density at radius 1 is 0.972 bits per heavy atom. The van der Waals surface area contributed by atoms with Crippen molar-refractivity contribution in [2.45, 2.75) is 19.0 Å². The predicted molar refractivity (Wildman–Crippen MR) is 146 cm³/mol. The third kappa shape index (κ3) is 7.56. The maximum absolute atomic E-state index is 13.8. The Morgan fingerprint density at radius 2 is 1.61 bits per heavy atom. The van der Waals surface area contributed by atoms with Gasteiger partial charge in [0.15, 0.2) is 0 Å². The first-order valence-corrected chi connectivity index (χ1v) is 14.1. The van der Waals surface area contributed by atoms with Crippen LogP contribution in [0.3, 0.4) is 0 Å². The number of amides is 2. The molecule has 0 unspecified atom stereocenters. The molecule has 0 aliphatic carbocycles. The fraction of sp³-hybridized carbons (Fsp3) is 0.231. The highest BCUT2D eigenvalue weighted by molar-refractivity contribution is 9.10. The number of nitrogens with zero attached hydrogens (tertiary/aromatic N) is 2. The summed E-state index contributed by atoms with van der Waals surface area (Å²) in [5.41, 5.74) is 1.92. The molecule has 3 aromatic rings. The van der Waals surface area contributed by atoms with Crippen LogP contribution in [0.15, 0.2) is 83.3 Å². The molecule has 190 valence electrons. The summed E-state index contributed by atoms with van der Waals surface area (Å²) in [4.78, 5) is 28.2. The average molecular weight is 593 g/mol. The van der Waals surface area contributed by atoms with Gasteiger partial charge in [-0.3, -0.25) is 13.9 Å². The lowest BCUT2D eigenvalue weighted by atomic mass is 10.0. The molecule has 7 nitrogen and oxygen atoms in total. The Kier molecular flexibility index (Phi) is 9.53. The zero-order valence-electron chi connectivity index (χ0n) is 19.9. The molecule has 10 heteroatoms. The lowest BCUT2D eigenvalue weighted by molar-refractivity contribution is -0.139. The molecule has 0 saturated heterocycles. The monoisotopic (exact) mass is 591 g/mol. The van der Waals surface area contributed by atoms with E-state index < -0.39 is 28.5 Å². The van der Waals surface area contributed by atoms with E-state index in [9.17, 15) is 18.0 Å². The van der Waals surface area contributed by atoms with Crippen LogP contribution in [0.4, 0.5) is 5.69 Å². The SMILES string of the molecule is CNC(=O)[C@@H](Cc1ccccc1)N(Cc1cccc(Cl)c1)C(=O)CN(c1ccc(Br)cc1)S(C)(=O)=O. The van der Waals surface area contributed by atoms with Crippen LogP contribution in [0.5, 0.6) is 0 Å². The minimum absolute atomic E-state index is 0.0717. The molecule has 1 N–H and O–H groups in total. The summed E-state index contributed by atoms with van der Waals surface area (Å²) < 4.78 is 27.2. The number of likely N-dealkylation sites (N-methyl/N-ethyl adjacent to an activating group) is 1. The maximum atomic E-state index is 13.8. The normalized spacial score (nSPS) is 12.0. The number of carbonyl (C=O) groups is 2. The Balaban J connectivity index is 2.02. The number of halogens is 2. The Bertz CT molecular complexity index is 1300. The van der Waals surface area contributed by atoms with E-state index in [0.717, 1.165) is 20.6 Å². The van der Waals surface area contributed by atoms with Gasteiger partial charge < -0.3 is 10.2 Å². The van der Waals surface area contributed by atoms with Crippen LogP contribution in [0.2, 0.25) is 5.02 Å². The van der Waals surface area contributed by atoms with Gasteiger partial charge in [0.2, 0.25) is 21.8 Å². The summed E-state index contributed by atoms with van der Waals surface area (Å²) in [5.74, 6) is -0.878. The van der Waals surface area contributed by atoms with Crippen molar-refractivity contribution in [3.63, 3.8) is 0 Å². The predicted octanol–water partition coefficient (Wildman–Crippen LogP) is 4.25. The largest absolute Gasteiger partial charge is 0.357 e. The van der Waals surface area contributed by atoms with Crippen LogP contribution in [0.25, 0.3) is 0 Å². The topological polar surface area (TPSA) is 86.8 Å². The number of sulfonamides is 1.